The smallest absolute Gasteiger partial charge is 0.175 e. The fourth-order valence-corrected chi connectivity index (χ4v) is 3.62. The SMILES string of the molecule is COc1cccc(-c2nc(-c3ccc(S(C)(=O)=O)cc3)cs2)c1. The highest BCUT2D eigenvalue weighted by Gasteiger charge is 2.10. The van der Waals surface area contributed by atoms with Gasteiger partial charge in [-0.3, -0.25) is 0 Å². The number of aromatic nitrogens is 1. The molecule has 0 saturated carbocycles. The van der Waals surface area contributed by atoms with Gasteiger partial charge in [0.25, 0.3) is 0 Å². The summed E-state index contributed by atoms with van der Waals surface area (Å²) >= 11 is 1.54. The number of benzene rings is 2. The summed E-state index contributed by atoms with van der Waals surface area (Å²) in [6.45, 7) is 0. The molecule has 0 unspecified atom stereocenters. The summed E-state index contributed by atoms with van der Waals surface area (Å²) in [5, 5.41) is 2.86. The number of hydrogen-bond acceptors (Lipinski definition) is 5. The third-order valence-electron chi connectivity index (χ3n) is 3.40. The third-order valence-corrected chi connectivity index (χ3v) is 5.42. The lowest BCUT2D eigenvalue weighted by Crippen LogP contribution is -1.96. The Kier molecular flexibility index (Phi) is 4.19. The van der Waals surface area contributed by atoms with Crippen molar-refractivity contribution in [2.75, 3.05) is 13.4 Å². The van der Waals surface area contributed by atoms with Crippen LogP contribution in [0.25, 0.3) is 21.8 Å². The third kappa shape index (κ3) is 3.43. The summed E-state index contributed by atoms with van der Waals surface area (Å²) in [5.41, 5.74) is 2.71. The zero-order chi connectivity index (χ0) is 16.4. The maximum atomic E-state index is 11.5. The van der Waals surface area contributed by atoms with Crippen LogP contribution < -0.4 is 4.74 Å². The molecule has 0 atom stereocenters. The van der Waals surface area contributed by atoms with E-state index in [1.807, 2.05) is 29.6 Å². The van der Waals surface area contributed by atoms with Gasteiger partial charge in [0.05, 0.1) is 17.7 Å². The van der Waals surface area contributed by atoms with Crippen LogP contribution in [0.5, 0.6) is 5.75 Å². The van der Waals surface area contributed by atoms with Crippen LogP contribution in [0.1, 0.15) is 0 Å². The Labute approximate surface area is 139 Å². The minimum absolute atomic E-state index is 0.310. The van der Waals surface area contributed by atoms with Crippen molar-refractivity contribution in [2.24, 2.45) is 0 Å². The van der Waals surface area contributed by atoms with Gasteiger partial charge in [-0.15, -0.1) is 11.3 Å². The predicted molar refractivity (Wildman–Crippen MR) is 92.6 cm³/mol. The first-order valence-electron chi connectivity index (χ1n) is 6.88. The van der Waals surface area contributed by atoms with Gasteiger partial charge in [-0.2, -0.15) is 0 Å². The van der Waals surface area contributed by atoms with E-state index in [4.69, 9.17) is 4.74 Å². The van der Waals surface area contributed by atoms with Crippen molar-refractivity contribution in [3.63, 3.8) is 0 Å². The van der Waals surface area contributed by atoms with Crippen molar-refractivity contribution in [3.05, 3.63) is 53.9 Å². The van der Waals surface area contributed by atoms with Crippen LogP contribution in [0.4, 0.5) is 0 Å². The molecule has 23 heavy (non-hydrogen) atoms. The van der Waals surface area contributed by atoms with E-state index in [1.54, 1.807) is 42.7 Å². The Morgan fingerprint density at radius 2 is 1.78 bits per heavy atom. The second-order valence-electron chi connectivity index (χ2n) is 5.07. The molecule has 118 valence electrons. The standard InChI is InChI=1S/C17H15NO3S2/c1-21-14-5-3-4-13(10-14)17-18-16(11-22-17)12-6-8-15(9-7-12)23(2,19)20/h3-11H,1-2H3. The average molecular weight is 345 g/mol. The Balaban J connectivity index is 1.92. The highest BCUT2D eigenvalue weighted by atomic mass is 32.2. The Morgan fingerprint density at radius 1 is 1.04 bits per heavy atom. The fraction of sp³-hybridized carbons (Fsp3) is 0.118. The van der Waals surface area contributed by atoms with Gasteiger partial charge in [0.15, 0.2) is 9.84 Å². The van der Waals surface area contributed by atoms with Gasteiger partial charge in [0, 0.05) is 22.8 Å². The first-order valence-corrected chi connectivity index (χ1v) is 9.65. The molecule has 0 saturated heterocycles. The van der Waals surface area contributed by atoms with Crippen molar-refractivity contribution in [3.8, 4) is 27.6 Å². The summed E-state index contributed by atoms with van der Waals surface area (Å²) in [4.78, 5) is 4.94. The topological polar surface area (TPSA) is 56.3 Å². The maximum Gasteiger partial charge on any atom is 0.175 e. The Bertz CT molecular complexity index is 928. The van der Waals surface area contributed by atoms with Crippen LogP contribution in [0.2, 0.25) is 0 Å². The summed E-state index contributed by atoms with van der Waals surface area (Å²) in [7, 11) is -1.54. The molecule has 0 aliphatic rings. The molecule has 1 aromatic heterocycles. The van der Waals surface area contributed by atoms with Gasteiger partial charge in [-0.05, 0) is 24.3 Å². The molecule has 0 amide bonds. The predicted octanol–water partition coefficient (Wildman–Crippen LogP) is 3.89. The van der Waals surface area contributed by atoms with Crippen LogP contribution >= 0.6 is 11.3 Å². The zero-order valence-electron chi connectivity index (χ0n) is 12.7. The molecule has 3 aromatic rings. The minimum atomic E-state index is -3.18. The summed E-state index contributed by atoms with van der Waals surface area (Å²) in [6.07, 6.45) is 1.20. The molecule has 6 heteroatoms. The van der Waals surface area contributed by atoms with Crippen molar-refractivity contribution in [1.82, 2.24) is 4.98 Å². The van der Waals surface area contributed by atoms with E-state index in [0.29, 0.717) is 4.90 Å². The van der Waals surface area contributed by atoms with Gasteiger partial charge in [0.1, 0.15) is 10.8 Å². The van der Waals surface area contributed by atoms with E-state index in [2.05, 4.69) is 4.98 Å². The number of thiazole rings is 1. The van der Waals surface area contributed by atoms with Crippen molar-refractivity contribution < 1.29 is 13.2 Å². The molecule has 1 heterocycles. The number of sulfone groups is 1. The molecule has 4 nitrogen and oxygen atoms in total. The zero-order valence-corrected chi connectivity index (χ0v) is 14.3. The van der Waals surface area contributed by atoms with Gasteiger partial charge < -0.3 is 4.74 Å². The molecule has 0 N–H and O–H groups in total. The number of rotatable bonds is 4. The Morgan fingerprint density at radius 3 is 2.43 bits per heavy atom. The molecule has 0 bridgehead atoms. The summed E-state index contributed by atoms with van der Waals surface area (Å²) in [5.74, 6) is 0.789. The van der Waals surface area contributed by atoms with Crippen LogP contribution in [-0.4, -0.2) is 26.8 Å². The van der Waals surface area contributed by atoms with E-state index in [0.717, 1.165) is 27.6 Å². The van der Waals surface area contributed by atoms with Crippen LogP contribution in [0.3, 0.4) is 0 Å². The normalized spacial score (nSPS) is 11.4. The van der Waals surface area contributed by atoms with E-state index >= 15 is 0 Å². The Hall–Kier alpha value is -2.18. The van der Waals surface area contributed by atoms with Crippen LogP contribution in [-0.2, 0) is 9.84 Å². The lowest BCUT2D eigenvalue weighted by atomic mass is 10.2. The minimum Gasteiger partial charge on any atom is -0.497 e. The van der Waals surface area contributed by atoms with Crippen molar-refractivity contribution in [1.29, 1.82) is 0 Å². The molecular formula is C17H15NO3S2. The van der Waals surface area contributed by atoms with Crippen LogP contribution in [0.15, 0.2) is 58.8 Å². The highest BCUT2D eigenvalue weighted by molar-refractivity contribution is 7.90. The van der Waals surface area contributed by atoms with E-state index in [9.17, 15) is 8.42 Å². The van der Waals surface area contributed by atoms with E-state index < -0.39 is 9.84 Å². The molecule has 0 radical (unpaired) electrons. The number of methoxy groups -OCH3 is 1. The molecular weight excluding hydrogens is 330 g/mol. The van der Waals surface area contributed by atoms with Crippen molar-refractivity contribution in [2.45, 2.75) is 4.90 Å². The largest absolute Gasteiger partial charge is 0.497 e. The average Bonchev–Trinajstić information content (AvgIpc) is 3.04. The monoisotopic (exact) mass is 345 g/mol. The number of nitrogens with zero attached hydrogens (tertiary/aromatic N) is 1. The first kappa shape index (κ1) is 15.7. The van der Waals surface area contributed by atoms with E-state index in [-0.39, 0.29) is 0 Å². The second kappa shape index (κ2) is 6.14. The maximum absolute atomic E-state index is 11.5. The molecule has 0 aliphatic carbocycles. The van der Waals surface area contributed by atoms with Gasteiger partial charge in [0.2, 0.25) is 0 Å². The molecule has 0 aliphatic heterocycles. The molecule has 0 fully saturated rings. The van der Waals surface area contributed by atoms with Crippen LogP contribution in [0, 0.1) is 0 Å². The lowest BCUT2D eigenvalue weighted by Gasteiger charge is -2.02. The first-order chi connectivity index (χ1) is 11.0. The quantitative estimate of drug-likeness (QED) is 0.720. The van der Waals surface area contributed by atoms with Gasteiger partial charge in [-0.1, -0.05) is 24.3 Å². The fourth-order valence-electron chi connectivity index (χ4n) is 2.17. The molecule has 2 aromatic carbocycles. The van der Waals surface area contributed by atoms with Gasteiger partial charge >= 0.3 is 0 Å². The van der Waals surface area contributed by atoms with Crippen molar-refractivity contribution >= 4 is 21.2 Å². The summed E-state index contributed by atoms with van der Waals surface area (Å²) < 4.78 is 28.2. The second-order valence-corrected chi connectivity index (χ2v) is 7.94. The lowest BCUT2D eigenvalue weighted by molar-refractivity contribution is 0.415. The molecule has 0 spiro atoms. The number of ether oxygens (including phenoxy) is 1. The van der Waals surface area contributed by atoms with Gasteiger partial charge in [-0.25, -0.2) is 13.4 Å². The summed E-state index contributed by atoms with van der Waals surface area (Å²) in [6, 6.07) is 14.5. The molecule has 3 rings (SSSR count). The highest BCUT2D eigenvalue weighted by Crippen LogP contribution is 2.31. The number of hydrogen-bond donors (Lipinski definition) is 0. The van der Waals surface area contributed by atoms with E-state index in [1.165, 1.54) is 6.26 Å².